The zero-order valence-corrected chi connectivity index (χ0v) is 18.2. The van der Waals surface area contributed by atoms with Gasteiger partial charge in [-0.3, -0.25) is 4.79 Å². The molecule has 3 nitrogen and oxygen atoms in total. The fraction of sp³-hybridized carbons (Fsp3) is 0.0741. The van der Waals surface area contributed by atoms with Gasteiger partial charge in [-0.1, -0.05) is 66.4 Å². The highest BCUT2D eigenvalue weighted by Gasteiger charge is 2.21. The number of fused-ring (bicyclic) bond motifs is 1. The number of carbonyl (C=O) groups excluding carboxylic acids is 1. The third-order valence-corrected chi connectivity index (χ3v) is 6.67. The van der Waals surface area contributed by atoms with Crippen LogP contribution in [-0.2, 0) is 4.79 Å². The molecule has 0 aliphatic carbocycles. The number of amides is 1. The van der Waals surface area contributed by atoms with Crippen molar-refractivity contribution in [2.75, 3.05) is 5.32 Å². The summed E-state index contributed by atoms with van der Waals surface area (Å²) in [5.41, 5.74) is 7.71. The number of thioether (sulfide) groups is 1. The van der Waals surface area contributed by atoms with Crippen molar-refractivity contribution < 1.29 is 4.79 Å². The van der Waals surface area contributed by atoms with E-state index in [0.29, 0.717) is 4.91 Å². The van der Waals surface area contributed by atoms with Gasteiger partial charge in [0.15, 0.2) is 0 Å². The van der Waals surface area contributed by atoms with E-state index in [1.165, 1.54) is 22.9 Å². The van der Waals surface area contributed by atoms with Crippen LogP contribution in [0.25, 0.3) is 22.9 Å². The van der Waals surface area contributed by atoms with E-state index in [9.17, 15) is 4.79 Å². The molecule has 152 valence electrons. The van der Waals surface area contributed by atoms with Crippen molar-refractivity contribution in [3.05, 3.63) is 107 Å². The molecule has 0 radical (unpaired) electrons. The smallest absolute Gasteiger partial charge is 0.262 e. The first-order chi connectivity index (χ1) is 15.1. The Balaban J connectivity index is 1.48. The van der Waals surface area contributed by atoms with E-state index in [1.54, 1.807) is 0 Å². The van der Waals surface area contributed by atoms with Gasteiger partial charge in [0.25, 0.3) is 5.91 Å². The lowest BCUT2D eigenvalue weighted by Gasteiger charge is -2.18. The highest BCUT2D eigenvalue weighted by molar-refractivity contribution is 8.04. The Bertz CT molecular complexity index is 1300. The normalized spacial score (nSPS) is 14.4. The van der Waals surface area contributed by atoms with Crippen molar-refractivity contribution in [1.82, 2.24) is 4.57 Å². The van der Waals surface area contributed by atoms with E-state index < -0.39 is 0 Å². The van der Waals surface area contributed by atoms with Gasteiger partial charge in [-0.15, -0.1) is 0 Å². The van der Waals surface area contributed by atoms with E-state index in [4.69, 9.17) is 0 Å². The van der Waals surface area contributed by atoms with E-state index in [-0.39, 0.29) is 5.91 Å². The maximum Gasteiger partial charge on any atom is 0.262 e. The average molecular weight is 423 g/mol. The quantitative estimate of drug-likeness (QED) is 0.367. The third kappa shape index (κ3) is 3.71. The van der Waals surface area contributed by atoms with Gasteiger partial charge in [0, 0.05) is 22.0 Å². The summed E-state index contributed by atoms with van der Waals surface area (Å²) < 4.78 is 2.24. The van der Waals surface area contributed by atoms with Crippen LogP contribution in [-0.4, -0.2) is 10.5 Å². The SMILES string of the molecule is Cc1cc(/C=C2\Sc3ccccc3NC2=O)c(C)n1-c1ccc(-c2ccccc2)cc1. The summed E-state index contributed by atoms with van der Waals surface area (Å²) in [6.45, 7) is 4.20. The number of hydrogen-bond acceptors (Lipinski definition) is 2. The highest BCUT2D eigenvalue weighted by Crippen LogP contribution is 2.39. The fourth-order valence-electron chi connectivity index (χ4n) is 4.01. The van der Waals surface area contributed by atoms with Crippen LogP contribution >= 0.6 is 11.8 Å². The predicted octanol–water partition coefficient (Wildman–Crippen LogP) is 6.85. The van der Waals surface area contributed by atoms with E-state index in [1.807, 2.05) is 36.4 Å². The minimum absolute atomic E-state index is 0.0549. The van der Waals surface area contributed by atoms with Crippen molar-refractivity contribution in [1.29, 1.82) is 0 Å². The first-order valence-electron chi connectivity index (χ1n) is 10.2. The molecule has 0 spiro atoms. The lowest BCUT2D eigenvalue weighted by molar-refractivity contribution is -0.112. The van der Waals surface area contributed by atoms with Crippen LogP contribution in [0, 0.1) is 13.8 Å². The lowest BCUT2D eigenvalue weighted by Crippen LogP contribution is -2.17. The summed E-state index contributed by atoms with van der Waals surface area (Å²) >= 11 is 1.52. The Hall–Kier alpha value is -3.50. The van der Waals surface area contributed by atoms with Gasteiger partial charge in [0.05, 0.1) is 10.6 Å². The van der Waals surface area contributed by atoms with E-state index in [2.05, 4.69) is 78.3 Å². The third-order valence-electron chi connectivity index (χ3n) is 5.57. The second kappa shape index (κ2) is 7.97. The molecule has 2 heterocycles. The molecule has 0 bridgehead atoms. The summed E-state index contributed by atoms with van der Waals surface area (Å²) in [5, 5.41) is 2.99. The molecule has 31 heavy (non-hydrogen) atoms. The molecular weight excluding hydrogens is 400 g/mol. The van der Waals surface area contributed by atoms with Gasteiger partial charge < -0.3 is 9.88 Å². The summed E-state index contributed by atoms with van der Waals surface area (Å²) in [7, 11) is 0. The van der Waals surface area contributed by atoms with Crippen LogP contribution in [0.1, 0.15) is 17.0 Å². The molecule has 4 aromatic rings. The van der Waals surface area contributed by atoms with Gasteiger partial charge >= 0.3 is 0 Å². The molecule has 1 aliphatic heterocycles. The van der Waals surface area contributed by atoms with Gasteiger partial charge in [-0.2, -0.15) is 0 Å². The van der Waals surface area contributed by atoms with E-state index in [0.717, 1.165) is 33.2 Å². The monoisotopic (exact) mass is 422 g/mol. The molecule has 0 unspecified atom stereocenters. The second-order valence-electron chi connectivity index (χ2n) is 7.64. The molecule has 1 N–H and O–H groups in total. The first kappa shape index (κ1) is 19.5. The molecule has 0 saturated carbocycles. The zero-order valence-electron chi connectivity index (χ0n) is 17.4. The standard InChI is InChI=1S/C27H22N2OS/c1-18-16-22(17-26-27(30)28-24-10-6-7-11-25(24)31-26)19(2)29(18)23-14-12-21(13-15-23)20-8-4-3-5-9-20/h3-17H,1-2H3,(H,28,30)/b26-17-. The van der Waals surface area contributed by atoms with Crippen molar-refractivity contribution >= 4 is 29.4 Å². The van der Waals surface area contributed by atoms with Crippen molar-refractivity contribution in [3.63, 3.8) is 0 Å². The number of nitrogens with one attached hydrogen (secondary N) is 1. The lowest BCUT2D eigenvalue weighted by atomic mass is 10.1. The predicted molar refractivity (Wildman–Crippen MR) is 130 cm³/mol. The largest absolute Gasteiger partial charge is 0.320 e. The maximum absolute atomic E-state index is 12.6. The Morgan fingerprint density at radius 2 is 1.52 bits per heavy atom. The topological polar surface area (TPSA) is 34.0 Å². The Morgan fingerprint density at radius 1 is 0.839 bits per heavy atom. The maximum atomic E-state index is 12.6. The van der Waals surface area contributed by atoms with Gasteiger partial charge in [-0.05, 0) is 66.9 Å². The molecule has 4 heteroatoms. The van der Waals surface area contributed by atoms with Crippen molar-refractivity contribution in [3.8, 4) is 16.8 Å². The summed E-state index contributed by atoms with van der Waals surface area (Å²) in [6.07, 6.45) is 1.99. The Morgan fingerprint density at radius 3 is 2.29 bits per heavy atom. The molecular formula is C27H22N2OS. The van der Waals surface area contributed by atoms with Crippen LogP contribution in [0.4, 0.5) is 5.69 Å². The number of carbonyl (C=O) groups is 1. The van der Waals surface area contributed by atoms with Crippen LogP contribution in [0.3, 0.4) is 0 Å². The summed E-state index contributed by atoms with van der Waals surface area (Å²) in [4.78, 5) is 14.4. The number of aryl methyl sites for hydroxylation is 1. The van der Waals surface area contributed by atoms with Crippen LogP contribution in [0.5, 0.6) is 0 Å². The van der Waals surface area contributed by atoms with Crippen molar-refractivity contribution in [2.24, 2.45) is 0 Å². The zero-order chi connectivity index (χ0) is 21.4. The molecule has 1 amide bonds. The van der Waals surface area contributed by atoms with Gasteiger partial charge in [0.2, 0.25) is 0 Å². The van der Waals surface area contributed by atoms with Crippen LogP contribution in [0.15, 0.2) is 94.7 Å². The Labute approximate surface area is 186 Å². The molecule has 5 rings (SSSR count). The summed E-state index contributed by atoms with van der Waals surface area (Å²) in [5.74, 6) is -0.0549. The minimum atomic E-state index is -0.0549. The first-order valence-corrected chi connectivity index (χ1v) is 11.1. The fourth-order valence-corrected chi connectivity index (χ4v) is 4.95. The number of nitrogens with zero attached hydrogens (tertiary/aromatic N) is 1. The number of anilines is 1. The number of aromatic nitrogens is 1. The van der Waals surface area contributed by atoms with Crippen LogP contribution < -0.4 is 5.32 Å². The second-order valence-corrected chi connectivity index (χ2v) is 8.72. The number of para-hydroxylation sites is 1. The van der Waals surface area contributed by atoms with Crippen LogP contribution in [0.2, 0.25) is 0 Å². The summed E-state index contributed by atoms with van der Waals surface area (Å²) in [6, 6.07) is 29.0. The van der Waals surface area contributed by atoms with E-state index >= 15 is 0 Å². The molecule has 0 atom stereocenters. The number of benzene rings is 3. The number of rotatable bonds is 3. The minimum Gasteiger partial charge on any atom is -0.320 e. The van der Waals surface area contributed by atoms with Gasteiger partial charge in [-0.25, -0.2) is 0 Å². The molecule has 3 aromatic carbocycles. The average Bonchev–Trinajstić information content (AvgIpc) is 3.07. The van der Waals surface area contributed by atoms with Crippen molar-refractivity contribution in [2.45, 2.75) is 18.7 Å². The molecule has 0 fully saturated rings. The molecule has 0 saturated heterocycles. The highest BCUT2D eigenvalue weighted by atomic mass is 32.2. The number of hydrogen-bond donors (Lipinski definition) is 1. The molecule has 1 aliphatic rings. The Kier molecular flexibility index (Phi) is 5.00. The van der Waals surface area contributed by atoms with Gasteiger partial charge in [0.1, 0.15) is 0 Å². The molecule has 1 aromatic heterocycles.